The average Bonchev–Trinajstić information content (AvgIpc) is 2.52. The first-order valence-corrected chi connectivity index (χ1v) is 11.9. The van der Waals surface area contributed by atoms with Gasteiger partial charge in [-0.1, -0.05) is 32.9 Å². The van der Waals surface area contributed by atoms with Gasteiger partial charge in [0, 0.05) is 13.5 Å². The van der Waals surface area contributed by atoms with Crippen molar-refractivity contribution in [1.29, 1.82) is 0 Å². The lowest BCUT2D eigenvalue weighted by molar-refractivity contribution is -0.120. The molecule has 0 saturated heterocycles. The minimum absolute atomic E-state index is 0.0514. The molecule has 1 aromatic carbocycles. The molecule has 1 aromatic rings. The van der Waals surface area contributed by atoms with E-state index in [0.717, 1.165) is 0 Å². The van der Waals surface area contributed by atoms with Crippen LogP contribution < -0.4 is 16.4 Å². The second kappa shape index (κ2) is 9.14. The molecule has 150 valence electrons. The molecular formula is C19H31N3O4Si. The third-order valence-corrected chi connectivity index (χ3v) is 9.34. The Kier molecular flexibility index (Phi) is 7.73. The fourth-order valence-corrected chi connectivity index (χ4v) is 3.21. The predicted octanol–water partition coefficient (Wildman–Crippen LogP) is 2.64. The molecule has 8 heteroatoms. The highest BCUT2D eigenvalue weighted by Crippen LogP contribution is 2.36. The number of carbonyl (C=O) groups excluding carboxylic acids is 3. The summed E-state index contributed by atoms with van der Waals surface area (Å²) >= 11 is 0. The maximum atomic E-state index is 12.6. The molecule has 0 aromatic heterocycles. The van der Waals surface area contributed by atoms with E-state index in [4.69, 9.17) is 10.2 Å². The Morgan fingerprint density at radius 2 is 1.78 bits per heavy atom. The number of hydrogen-bond donors (Lipinski definition) is 3. The minimum Gasteiger partial charge on any atom is -0.417 e. The number of primary amides is 1. The number of carbonyl (C=O) groups is 3. The third-order valence-electron chi connectivity index (χ3n) is 4.81. The van der Waals surface area contributed by atoms with Gasteiger partial charge in [0.25, 0.3) is 5.91 Å². The van der Waals surface area contributed by atoms with Crippen LogP contribution in [0.4, 0.5) is 5.69 Å². The number of rotatable bonds is 8. The Hall–Kier alpha value is -2.19. The summed E-state index contributed by atoms with van der Waals surface area (Å²) in [6.45, 7) is 12.3. The first kappa shape index (κ1) is 22.8. The first-order valence-electron chi connectivity index (χ1n) is 8.96. The summed E-state index contributed by atoms with van der Waals surface area (Å²) < 4.78 is 6.06. The quantitative estimate of drug-likeness (QED) is 0.590. The van der Waals surface area contributed by atoms with E-state index in [9.17, 15) is 14.4 Å². The van der Waals surface area contributed by atoms with Crippen molar-refractivity contribution < 1.29 is 18.8 Å². The zero-order valence-electron chi connectivity index (χ0n) is 17.0. The predicted molar refractivity (Wildman–Crippen MR) is 109 cm³/mol. The van der Waals surface area contributed by atoms with Gasteiger partial charge in [-0.25, -0.2) is 0 Å². The summed E-state index contributed by atoms with van der Waals surface area (Å²) in [6, 6.07) is 5.73. The van der Waals surface area contributed by atoms with Crippen molar-refractivity contribution in [3.05, 3.63) is 29.8 Å². The van der Waals surface area contributed by atoms with E-state index in [-0.39, 0.29) is 22.9 Å². The molecule has 4 N–H and O–H groups in total. The van der Waals surface area contributed by atoms with Crippen molar-refractivity contribution in [2.45, 2.75) is 58.3 Å². The van der Waals surface area contributed by atoms with Crippen LogP contribution in [0.1, 0.15) is 44.5 Å². The third kappa shape index (κ3) is 6.80. The average molecular weight is 394 g/mol. The molecule has 3 amide bonds. The molecule has 0 fully saturated rings. The van der Waals surface area contributed by atoms with E-state index in [0.29, 0.717) is 12.3 Å². The summed E-state index contributed by atoms with van der Waals surface area (Å²) in [4.78, 5) is 35.7. The van der Waals surface area contributed by atoms with Crippen LogP contribution in [0.5, 0.6) is 0 Å². The van der Waals surface area contributed by atoms with Gasteiger partial charge in [0.2, 0.25) is 11.8 Å². The largest absolute Gasteiger partial charge is 0.417 e. The molecule has 0 bridgehead atoms. The fourth-order valence-electron chi connectivity index (χ4n) is 2.15. The molecule has 0 aliphatic rings. The Morgan fingerprint density at radius 3 is 2.30 bits per heavy atom. The van der Waals surface area contributed by atoms with Gasteiger partial charge >= 0.3 is 0 Å². The second-order valence-corrected chi connectivity index (χ2v) is 12.9. The number of nitrogens with two attached hydrogens (primary N) is 1. The topological polar surface area (TPSA) is 111 Å². The van der Waals surface area contributed by atoms with E-state index in [1.165, 1.54) is 6.92 Å². The van der Waals surface area contributed by atoms with Crippen molar-refractivity contribution in [2.75, 3.05) is 11.9 Å². The molecule has 1 rings (SSSR count). The standard InChI is InChI=1S/C19H31N3O4Si/c1-13(23)21-15-10-8-7-9-14(15)18(25)22-16(17(20)24)11-12-26-27(5,6)19(2,3)4/h7-10,16H,11-12H2,1-6H3,(H2,20,24)(H,21,23)(H,22,25)/t16-/m0/s1. The van der Waals surface area contributed by atoms with Gasteiger partial charge in [-0.15, -0.1) is 0 Å². The van der Waals surface area contributed by atoms with Crippen LogP contribution in [0.15, 0.2) is 24.3 Å². The molecular weight excluding hydrogens is 362 g/mol. The zero-order chi connectivity index (χ0) is 20.8. The number of para-hydroxylation sites is 1. The molecule has 0 saturated carbocycles. The van der Waals surface area contributed by atoms with E-state index in [1.54, 1.807) is 24.3 Å². The van der Waals surface area contributed by atoms with Gasteiger partial charge in [-0.2, -0.15) is 0 Å². The molecule has 0 heterocycles. The number of amides is 3. The summed E-state index contributed by atoms with van der Waals surface area (Å²) in [5.74, 6) is -1.39. The van der Waals surface area contributed by atoms with Gasteiger partial charge in [-0.3, -0.25) is 14.4 Å². The van der Waals surface area contributed by atoms with Crippen molar-refractivity contribution >= 4 is 31.7 Å². The molecule has 27 heavy (non-hydrogen) atoms. The van der Waals surface area contributed by atoms with Gasteiger partial charge in [0.1, 0.15) is 6.04 Å². The normalized spacial score (nSPS) is 13.0. The van der Waals surface area contributed by atoms with Gasteiger partial charge in [0.05, 0.1) is 11.3 Å². The van der Waals surface area contributed by atoms with Crippen molar-refractivity contribution in [3.8, 4) is 0 Å². The summed E-state index contributed by atoms with van der Waals surface area (Å²) in [7, 11) is -1.95. The lowest BCUT2D eigenvalue weighted by Crippen LogP contribution is -2.47. The van der Waals surface area contributed by atoms with Crippen LogP contribution in [0.3, 0.4) is 0 Å². The number of benzene rings is 1. The lowest BCUT2D eigenvalue weighted by Gasteiger charge is -2.36. The number of hydrogen-bond acceptors (Lipinski definition) is 4. The molecule has 0 spiro atoms. The van der Waals surface area contributed by atoms with Gasteiger partial charge < -0.3 is 20.8 Å². The molecule has 7 nitrogen and oxygen atoms in total. The van der Waals surface area contributed by atoms with Crippen molar-refractivity contribution in [2.24, 2.45) is 5.73 Å². The second-order valence-electron chi connectivity index (χ2n) is 8.05. The number of anilines is 1. The highest BCUT2D eigenvalue weighted by atomic mass is 28.4. The van der Waals surface area contributed by atoms with Crippen molar-refractivity contribution in [1.82, 2.24) is 5.32 Å². The summed E-state index contributed by atoms with van der Waals surface area (Å²) in [6.07, 6.45) is 0.288. The van der Waals surface area contributed by atoms with Crippen LogP contribution in [0.2, 0.25) is 18.1 Å². The Bertz CT molecular complexity index is 698. The highest BCUT2D eigenvalue weighted by Gasteiger charge is 2.37. The van der Waals surface area contributed by atoms with Crippen LogP contribution in [-0.4, -0.2) is 38.7 Å². The van der Waals surface area contributed by atoms with Crippen LogP contribution in [0, 0.1) is 0 Å². The van der Waals surface area contributed by atoms with Crippen molar-refractivity contribution in [3.63, 3.8) is 0 Å². The van der Waals surface area contributed by atoms with Crippen LogP contribution in [0.25, 0.3) is 0 Å². The van der Waals surface area contributed by atoms with E-state index in [1.807, 2.05) is 0 Å². The Morgan fingerprint density at radius 1 is 1.19 bits per heavy atom. The molecule has 0 aliphatic carbocycles. The van der Waals surface area contributed by atoms with E-state index >= 15 is 0 Å². The van der Waals surface area contributed by atoms with E-state index in [2.05, 4.69) is 44.5 Å². The van der Waals surface area contributed by atoms with Crippen LogP contribution >= 0.6 is 0 Å². The molecule has 1 atom stereocenters. The fraction of sp³-hybridized carbons (Fsp3) is 0.526. The Balaban J connectivity index is 2.80. The van der Waals surface area contributed by atoms with Crippen LogP contribution in [-0.2, 0) is 14.0 Å². The smallest absolute Gasteiger partial charge is 0.254 e. The van der Waals surface area contributed by atoms with Gasteiger partial charge in [-0.05, 0) is 36.7 Å². The summed E-state index contributed by atoms with van der Waals surface area (Å²) in [5, 5.41) is 5.29. The maximum Gasteiger partial charge on any atom is 0.254 e. The minimum atomic E-state index is -1.95. The SMILES string of the molecule is CC(=O)Nc1ccccc1C(=O)N[C@@H](CCO[Si](C)(C)C(C)(C)C)C(N)=O. The number of nitrogens with one attached hydrogen (secondary N) is 2. The van der Waals surface area contributed by atoms with Gasteiger partial charge in [0.15, 0.2) is 8.32 Å². The molecule has 0 aliphatic heterocycles. The maximum absolute atomic E-state index is 12.6. The molecule has 0 unspecified atom stereocenters. The van der Waals surface area contributed by atoms with E-state index < -0.39 is 26.2 Å². The zero-order valence-corrected chi connectivity index (χ0v) is 18.0. The monoisotopic (exact) mass is 393 g/mol. The Labute approximate surface area is 162 Å². The lowest BCUT2D eigenvalue weighted by atomic mass is 10.1. The molecule has 0 radical (unpaired) electrons. The first-order chi connectivity index (χ1) is 12.3. The summed E-state index contributed by atoms with van der Waals surface area (Å²) in [5.41, 5.74) is 6.10. The highest BCUT2D eigenvalue weighted by molar-refractivity contribution is 6.74.